The van der Waals surface area contributed by atoms with E-state index in [1.165, 1.54) is 57.8 Å². The van der Waals surface area contributed by atoms with Gasteiger partial charge in [0.2, 0.25) is 0 Å². The number of hydrogen-bond acceptors (Lipinski definition) is 2. The normalized spacial score (nSPS) is 38.1. The van der Waals surface area contributed by atoms with Crippen LogP contribution in [0.2, 0.25) is 0 Å². The van der Waals surface area contributed by atoms with E-state index in [-0.39, 0.29) is 0 Å². The summed E-state index contributed by atoms with van der Waals surface area (Å²) in [5.74, 6) is 2.65. The van der Waals surface area contributed by atoms with Crippen LogP contribution < -0.4 is 5.73 Å². The van der Waals surface area contributed by atoms with Gasteiger partial charge in [-0.05, 0) is 69.7 Å². The van der Waals surface area contributed by atoms with Crippen molar-refractivity contribution in [2.45, 2.75) is 90.1 Å². The van der Waals surface area contributed by atoms with Crippen molar-refractivity contribution in [3.63, 3.8) is 0 Å². The molecule has 2 unspecified atom stereocenters. The van der Waals surface area contributed by atoms with E-state index in [0.29, 0.717) is 5.54 Å². The number of rotatable bonds is 5. The van der Waals surface area contributed by atoms with Gasteiger partial charge < -0.3 is 5.73 Å². The fourth-order valence-corrected chi connectivity index (χ4v) is 5.00. The lowest BCUT2D eigenvalue weighted by Crippen LogP contribution is -2.58. The highest BCUT2D eigenvalue weighted by molar-refractivity contribution is 4.98. The summed E-state index contributed by atoms with van der Waals surface area (Å²) in [6.45, 7) is 7.99. The standard InChI is InChI=1S/C19H38N2/c1-15(2)12-17-6-5-11-19(13-17,14-20)21(4)18-9-7-16(3)8-10-18/h15-18H,5-14,20H2,1-4H3. The predicted molar refractivity (Wildman–Crippen MR) is 92.4 cm³/mol. The second-order valence-electron chi connectivity index (χ2n) is 8.54. The molecule has 0 heterocycles. The van der Waals surface area contributed by atoms with E-state index >= 15 is 0 Å². The molecular weight excluding hydrogens is 256 g/mol. The summed E-state index contributed by atoms with van der Waals surface area (Å²) in [6.07, 6.45) is 12.4. The van der Waals surface area contributed by atoms with Gasteiger partial charge in [-0.15, -0.1) is 0 Å². The SMILES string of the molecule is CC(C)CC1CCCC(CN)(N(C)C2CCC(C)CC2)C1. The van der Waals surface area contributed by atoms with Crippen LogP contribution in [0.25, 0.3) is 0 Å². The molecule has 2 N–H and O–H groups in total. The molecule has 0 aliphatic heterocycles. The fraction of sp³-hybridized carbons (Fsp3) is 1.00. The smallest absolute Gasteiger partial charge is 0.0334 e. The summed E-state index contributed by atoms with van der Waals surface area (Å²) in [7, 11) is 2.38. The Labute approximate surface area is 132 Å². The van der Waals surface area contributed by atoms with Gasteiger partial charge in [-0.1, -0.05) is 33.6 Å². The van der Waals surface area contributed by atoms with Crippen LogP contribution in [0.5, 0.6) is 0 Å². The van der Waals surface area contributed by atoms with E-state index < -0.39 is 0 Å². The average molecular weight is 295 g/mol. The zero-order valence-electron chi connectivity index (χ0n) is 14.9. The summed E-state index contributed by atoms with van der Waals surface area (Å²) >= 11 is 0. The maximum Gasteiger partial charge on any atom is 0.0334 e. The lowest BCUT2D eigenvalue weighted by molar-refractivity contribution is 0.00425. The molecule has 0 saturated heterocycles. The molecule has 2 rings (SSSR count). The summed E-state index contributed by atoms with van der Waals surface area (Å²) in [4.78, 5) is 2.73. The minimum absolute atomic E-state index is 0.295. The molecule has 2 nitrogen and oxygen atoms in total. The van der Waals surface area contributed by atoms with Gasteiger partial charge in [-0.2, -0.15) is 0 Å². The Bertz CT molecular complexity index is 307. The number of nitrogens with zero attached hydrogens (tertiary/aromatic N) is 1. The summed E-state index contributed by atoms with van der Waals surface area (Å²) in [5.41, 5.74) is 6.62. The van der Waals surface area contributed by atoms with E-state index in [2.05, 4.69) is 32.7 Å². The van der Waals surface area contributed by atoms with Gasteiger partial charge in [0.05, 0.1) is 0 Å². The van der Waals surface area contributed by atoms with Crippen molar-refractivity contribution in [2.24, 2.45) is 23.5 Å². The van der Waals surface area contributed by atoms with E-state index in [1.54, 1.807) is 0 Å². The highest BCUT2D eigenvalue weighted by Crippen LogP contribution is 2.41. The zero-order chi connectivity index (χ0) is 15.5. The van der Waals surface area contributed by atoms with Crippen LogP contribution in [0.1, 0.15) is 78.6 Å². The molecule has 0 spiro atoms. The van der Waals surface area contributed by atoms with Crippen molar-refractivity contribution < 1.29 is 0 Å². The van der Waals surface area contributed by atoms with E-state index in [9.17, 15) is 0 Å². The number of hydrogen-bond donors (Lipinski definition) is 1. The molecule has 0 bridgehead atoms. The Morgan fingerprint density at radius 1 is 1.14 bits per heavy atom. The third-order valence-electron chi connectivity index (χ3n) is 6.39. The Morgan fingerprint density at radius 2 is 1.81 bits per heavy atom. The van der Waals surface area contributed by atoms with Gasteiger partial charge in [0.25, 0.3) is 0 Å². The number of nitrogens with two attached hydrogens (primary N) is 1. The first-order valence-corrected chi connectivity index (χ1v) is 9.40. The van der Waals surface area contributed by atoms with Crippen LogP contribution in [-0.4, -0.2) is 30.1 Å². The molecule has 2 saturated carbocycles. The molecule has 0 radical (unpaired) electrons. The molecule has 124 valence electrons. The second-order valence-corrected chi connectivity index (χ2v) is 8.54. The van der Waals surface area contributed by atoms with Gasteiger partial charge in [0.15, 0.2) is 0 Å². The van der Waals surface area contributed by atoms with Crippen LogP contribution in [0.15, 0.2) is 0 Å². The van der Waals surface area contributed by atoms with Gasteiger partial charge >= 0.3 is 0 Å². The van der Waals surface area contributed by atoms with Crippen molar-refractivity contribution in [1.29, 1.82) is 0 Å². The van der Waals surface area contributed by atoms with Crippen LogP contribution in [0.4, 0.5) is 0 Å². The molecule has 0 aromatic rings. The van der Waals surface area contributed by atoms with Crippen molar-refractivity contribution in [2.75, 3.05) is 13.6 Å². The molecular formula is C19H38N2. The second kappa shape index (κ2) is 7.46. The first-order chi connectivity index (χ1) is 9.97. The van der Waals surface area contributed by atoms with Crippen LogP contribution >= 0.6 is 0 Å². The molecule has 0 aromatic heterocycles. The Hall–Kier alpha value is -0.0800. The van der Waals surface area contributed by atoms with Crippen LogP contribution in [0, 0.1) is 17.8 Å². The van der Waals surface area contributed by atoms with Crippen LogP contribution in [-0.2, 0) is 0 Å². The minimum Gasteiger partial charge on any atom is -0.329 e. The third-order valence-corrected chi connectivity index (χ3v) is 6.39. The fourth-order valence-electron chi connectivity index (χ4n) is 5.00. The van der Waals surface area contributed by atoms with Gasteiger partial charge in [0, 0.05) is 18.1 Å². The lowest BCUT2D eigenvalue weighted by atomic mass is 9.71. The maximum absolute atomic E-state index is 6.32. The molecule has 2 fully saturated rings. The van der Waals surface area contributed by atoms with Crippen molar-refractivity contribution in [3.05, 3.63) is 0 Å². The Kier molecular flexibility index (Phi) is 6.14. The average Bonchev–Trinajstić information content (AvgIpc) is 2.46. The Morgan fingerprint density at radius 3 is 2.38 bits per heavy atom. The topological polar surface area (TPSA) is 29.3 Å². The quantitative estimate of drug-likeness (QED) is 0.812. The van der Waals surface area contributed by atoms with E-state index in [4.69, 9.17) is 5.73 Å². The van der Waals surface area contributed by atoms with Crippen molar-refractivity contribution in [3.8, 4) is 0 Å². The summed E-state index contributed by atoms with van der Waals surface area (Å²) < 4.78 is 0. The molecule has 0 amide bonds. The molecule has 2 aliphatic rings. The van der Waals surface area contributed by atoms with Crippen molar-refractivity contribution in [1.82, 2.24) is 4.90 Å². The largest absolute Gasteiger partial charge is 0.329 e. The molecule has 2 aliphatic carbocycles. The van der Waals surface area contributed by atoms with Gasteiger partial charge in [-0.3, -0.25) is 4.90 Å². The van der Waals surface area contributed by atoms with Gasteiger partial charge in [0.1, 0.15) is 0 Å². The summed E-state index contributed by atoms with van der Waals surface area (Å²) in [5, 5.41) is 0. The summed E-state index contributed by atoms with van der Waals surface area (Å²) in [6, 6.07) is 0.780. The molecule has 2 heteroatoms. The minimum atomic E-state index is 0.295. The van der Waals surface area contributed by atoms with E-state index in [1.807, 2.05) is 0 Å². The zero-order valence-corrected chi connectivity index (χ0v) is 14.9. The first kappa shape index (κ1) is 17.3. The Balaban J connectivity index is 2.01. The highest BCUT2D eigenvalue weighted by Gasteiger charge is 2.41. The molecule has 2 atom stereocenters. The highest BCUT2D eigenvalue weighted by atomic mass is 15.2. The van der Waals surface area contributed by atoms with E-state index in [0.717, 1.165) is 30.3 Å². The molecule has 21 heavy (non-hydrogen) atoms. The predicted octanol–water partition coefficient (Wildman–Crippen LogP) is 4.43. The monoisotopic (exact) mass is 294 g/mol. The maximum atomic E-state index is 6.32. The van der Waals surface area contributed by atoms with Gasteiger partial charge in [-0.25, -0.2) is 0 Å². The van der Waals surface area contributed by atoms with Crippen LogP contribution in [0.3, 0.4) is 0 Å². The molecule has 0 aromatic carbocycles. The lowest BCUT2D eigenvalue weighted by Gasteiger charge is -2.51. The first-order valence-electron chi connectivity index (χ1n) is 9.40. The number of likely N-dealkylation sites (N-methyl/N-ethyl adjacent to an activating group) is 1. The van der Waals surface area contributed by atoms with Crippen molar-refractivity contribution >= 4 is 0 Å². The third kappa shape index (κ3) is 4.22.